The molecule has 1 heterocycles. The number of carbonyl (C=O) groups is 4. The minimum Gasteiger partial charge on any atom is -0.504 e. The zero-order valence-corrected chi connectivity index (χ0v) is 23.5. The van der Waals surface area contributed by atoms with Crippen LogP contribution in [-0.2, 0) is 31.5 Å². The summed E-state index contributed by atoms with van der Waals surface area (Å²) >= 11 is 0. The molecular formula is C32H23F6NO6. The van der Waals surface area contributed by atoms with E-state index in [-0.39, 0.29) is 52.7 Å². The number of ketones is 2. The zero-order valence-electron chi connectivity index (χ0n) is 23.5. The maximum absolute atomic E-state index is 14.0. The van der Waals surface area contributed by atoms with Gasteiger partial charge in [0.05, 0.1) is 35.8 Å². The molecule has 234 valence electrons. The van der Waals surface area contributed by atoms with Crippen LogP contribution in [0.5, 0.6) is 11.5 Å². The second-order valence-electron chi connectivity index (χ2n) is 11.4. The van der Waals surface area contributed by atoms with Crippen molar-refractivity contribution >= 4 is 29.1 Å². The number of para-hydroxylation sites is 1. The zero-order chi connectivity index (χ0) is 32.7. The third kappa shape index (κ3) is 4.67. The number of imide groups is 1. The van der Waals surface area contributed by atoms with E-state index in [1.807, 2.05) is 0 Å². The van der Waals surface area contributed by atoms with Gasteiger partial charge >= 0.3 is 12.4 Å². The molecule has 2 aromatic carbocycles. The maximum atomic E-state index is 14.0. The van der Waals surface area contributed by atoms with Gasteiger partial charge in [0.1, 0.15) is 0 Å². The first-order valence-corrected chi connectivity index (χ1v) is 13.8. The van der Waals surface area contributed by atoms with Crippen LogP contribution in [0, 0.1) is 17.8 Å². The van der Waals surface area contributed by atoms with Gasteiger partial charge in [-0.1, -0.05) is 23.8 Å². The molecule has 0 radical (unpaired) electrons. The Labute approximate surface area is 251 Å². The summed E-state index contributed by atoms with van der Waals surface area (Å²) in [6.45, 7) is 1.44. The summed E-state index contributed by atoms with van der Waals surface area (Å²) in [6.07, 6.45) is -7.94. The molecule has 13 heteroatoms. The Hall–Kier alpha value is -4.68. The number of phenolic OH excluding ortho intramolecular Hbond substituents is 1. The number of nitrogens with zero attached hydrogens (tertiary/aromatic N) is 1. The van der Waals surface area contributed by atoms with Crippen molar-refractivity contribution in [3.8, 4) is 11.5 Å². The molecular weight excluding hydrogens is 608 g/mol. The molecule has 1 aliphatic heterocycles. The molecule has 2 aromatic rings. The van der Waals surface area contributed by atoms with Gasteiger partial charge in [0.15, 0.2) is 23.1 Å². The molecule has 0 saturated carbocycles. The number of halogens is 6. The number of rotatable bonds is 3. The van der Waals surface area contributed by atoms with Crippen LogP contribution in [0.1, 0.15) is 42.4 Å². The van der Waals surface area contributed by atoms with Crippen LogP contribution in [0.3, 0.4) is 0 Å². The number of anilines is 1. The molecule has 4 aliphatic rings. The number of amides is 2. The first kappa shape index (κ1) is 30.4. The molecule has 7 nitrogen and oxygen atoms in total. The van der Waals surface area contributed by atoms with Crippen molar-refractivity contribution in [3.63, 3.8) is 0 Å². The monoisotopic (exact) mass is 631 g/mol. The van der Waals surface area contributed by atoms with Crippen molar-refractivity contribution in [1.82, 2.24) is 0 Å². The predicted molar refractivity (Wildman–Crippen MR) is 145 cm³/mol. The van der Waals surface area contributed by atoms with Gasteiger partial charge < -0.3 is 9.84 Å². The van der Waals surface area contributed by atoms with Gasteiger partial charge in [-0.3, -0.25) is 19.2 Å². The fourth-order valence-electron chi connectivity index (χ4n) is 7.00. The Bertz CT molecular complexity index is 1770. The predicted octanol–water partition coefficient (Wildman–Crippen LogP) is 6.07. The summed E-state index contributed by atoms with van der Waals surface area (Å²) in [4.78, 5) is 54.7. The van der Waals surface area contributed by atoms with Crippen molar-refractivity contribution < 1.29 is 55.4 Å². The van der Waals surface area contributed by atoms with Crippen LogP contribution in [0.15, 0.2) is 70.8 Å². The Morgan fingerprint density at radius 3 is 2.16 bits per heavy atom. The normalized spacial score (nSPS) is 25.1. The summed E-state index contributed by atoms with van der Waals surface area (Å²) in [6, 6.07) is 5.10. The van der Waals surface area contributed by atoms with Crippen LogP contribution in [-0.4, -0.2) is 35.6 Å². The highest BCUT2D eigenvalue weighted by atomic mass is 19.4. The largest absolute Gasteiger partial charge is 0.504 e. The summed E-state index contributed by atoms with van der Waals surface area (Å²) in [5.41, 5.74) is -3.35. The van der Waals surface area contributed by atoms with E-state index in [9.17, 15) is 50.6 Å². The van der Waals surface area contributed by atoms with Crippen LogP contribution in [0.4, 0.5) is 32.0 Å². The van der Waals surface area contributed by atoms with Gasteiger partial charge in [0, 0.05) is 28.2 Å². The summed E-state index contributed by atoms with van der Waals surface area (Å²) in [5, 5.41) is 11.1. The molecule has 1 N–H and O–H groups in total. The lowest BCUT2D eigenvalue weighted by molar-refractivity contribution is -0.143. The first-order chi connectivity index (χ1) is 21.0. The molecule has 6 rings (SSSR count). The van der Waals surface area contributed by atoms with E-state index in [1.165, 1.54) is 32.2 Å². The highest BCUT2D eigenvalue weighted by molar-refractivity contribution is 6.25. The average Bonchev–Trinajstić information content (AvgIpc) is 3.23. The molecule has 3 aliphatic carbocycles. The lowest BCUT2D eigenvalue weighted by Crippen LogP contribution is -2.39. The van der Waals surface area contributed by atoms with Crippen molar-refractivity contribution in [3.05, 3.63) is 87.5 Å². The third-order valence-corrected chi connectivity index (χ3v) is 8.95. The topological polar surface area (TPSA) is 101 Å². The SMILES string of the molecule is COc1cccc([C@H]2C3=CC[C@@H]4C(=O)N(c5cc(C(F)(F)F)cc(C(F)(F)F)c5)C(=O)[C@@H]4[C@@H]3CC3=C2C(=O)C=C(C)C3=O)c1O. The Balaban J connectivity index is 1.49. The summed E-state index contributed by atoms with van der Waals surface area (Å²) in [7, 11) is 1.31. The standard InChI is InChI=1S/C32H23F6NO6/c1-13-8-22(40)26-21(27(13)41)12-20-17(24(26)18-4-3-5-23(45-2)28(18)42)6-7-19-25(20)30(44)39(29(19)43)16-10-14(31(33,34)35)9-15(11-16)32(36,37)38/h3-6,8-11,19-20,24-25,42H,7,12H2,1-2H3/t19-,20+,24+,25-/m0/s1. The van der Waals surface area contributed by atoms with Crippen LogP contribution in [0.25, 0.3) is 0 Å². The number of phenols is 1. The van der Waals surface area contributed by atoms with Crippen molar-refractivity contribution in [2.45, 2.75) is 38.0 Å². The molecule has 2 amide bonds. The quantitative estimate of drug-likeness (QED) is 0.191. The van der Waals surface area contributed by atoms with E-state index in [2.05, 4.69) is 0 Å². The fourth-order valence-corrected chi connectivity index (χ4v) is 7.00. The molecule has 0 aromatic heterocycles. The van der Waals surface area contributed by atoms with Crippen LogP contribution >= 0.6 is 0 Å². The van der Waals surface area contributed by atoms with E-state index >= 15 is 0 Å². The number of fused-ring (bicyclic) bond motifs is 3. The smallest absolute Gasteiger partial charge is 0.416 e. The number of alkyl halides is 6. The van der Waals surface area contributed by atoms with Crippen molar-refractivity contribution in [2.24, 2.45) is 17.8 Å². The fraction of sp³-hybridized carbons (Fsp3) is 0.312. The molecule has 0 unspecified atom stereocenters. The molecule has 4 atom stereocenters. The average molecular weight is 632 g/mol. The first-order valence-electron chi connectivity index (χ1n) is 13.8. The van der Waals surface area contributed by atoms with Gasteiger partial charge in [-0.2, -0.15) is 26.3 Å². The lowest BCUT2D eigenvalue weighted by Gasteiger charge is -2.42. The van der Waals surface area contributed by atoms with Gasteiger partial charge in [-0.05, 0) is 56.0 Å². The van der Waals surface area contributed by atoms with Crippen LogP contribution < -0.4 is 9.64 Å². The minimum atomic E-state index is -5.21. The Kier molecular flexibility index (Phi) is 6.86. The lowest BCUT2D eigenvalue weighted by atomic mass is 9.59. The number of Topliss-reactive ketones (excluding diaryl/α,β-unsaturated/α-hetero) is 1. The number of aromatic hydroxyl groups is 1. The van der Waals surface area contributed by atoms with Gasteiger partial charge in [0.25, 0.3) is 0 Å². The number of hydrogen-bond acceptors (Lipinski definition) is 6. The van der Waals surface area contributed by atoms with Crippen LogP contribution in [0.2, 0.25) is 0 Å². The third-order valence-electron chi connectivity index (χ3n) is 8.95. The minimum absolute atomic E-state index is 0.0622. The van der Waals surface area contributed by atoms with E-state index in [1.54, 1.807) is 12.1 Å². The Morgan fingerprint density at radius 1 is 0.911 bits per heavy atom. The Morgan fingerprint density at radius 2 is 1.56 bits per heavy atom. The molecule has 1 saturated heterocycles. The number of hydrogen-bond donors (Lipinski definition) is 1. The molecule has 0 bridgehead atoms. The number of methoxy groups -OCH3 is 1. The number of carbonyl (C=O) groups excluding carboxylic acids is 4. The van der Waals surface area contributed by atoms with E-state index in [0.717, 1.165) is 0 Å². The van der Waals surface area contributed by atoms with Gasteiger partial charge in [-0.15, -0.1) is 0 Å². The second kappa shape index (κ2) is 10.2. The number of allylic oxidation sites excluding steroid dienone is 6. The maximum Gasteiger partial charge on any atom is 0.416 e. The van der Waals surface area contributed by atoms with E-state index in [0.29, 0.717) is 22.6 Å². The summed E-state index contributed by atoms with van der Waals surface area (Å²) in [5.74, 6) is -7.63. The highest BCUT2D eigenvalue weighted by Gasteiger charge is 2.57. The van der Waals surface area contributed by atoms with Gasteiger partial charge in [-0.25, -0.2) is 4.90 Å². The molecule has 0 spiro atoms. The molecule has 45 heavy (non-hydrogen) atoms. The van der Waals surface area contributed by atoms with Gasteiger partial charge in [0.2, 0.25) is 11.8 Å². The van der Waals surface area contributed by atoms with E-state index in [4.69, 9.17) is 4.74 Å². The molecule has 1 fully saturated rings. The second-order valence-corrected chi connectivity index (χ2v) is 11.4. The highest BCUT2D eigenvalue weighted by Crippen LogP contribution is 2.57. The van der Waals surface area contributed by atoms with E-state index < -0.39 is 76.2 Å². The van der Waals surface area contributed by atoms with Crippen molar-refractivity contribution in [2.75, 3.05) is 12.0 Å². The number of benzene rings is 2. The number of ether oxygens (including phenoxy) is 1. The van der Waals surface area contributed by atoms with Crippen molar-refractivity contribution in [1.29, 1.82) is 0 Å². The summed E-state index contributed by atoms with van der Waals surface area (Å²) < 4.78 is 87.0.